The number of amides is 4. The smallest absolute Gasteiger partial charge is 0.319 e. The molecule has 0 aliphatic carbocycles. The number of carbonyl (C=O) groups is 3. The van der Waals surface area contributed by atoms with Gasteiger partial charge < -0.3 is 19.6 Å². The fourth-order valence-corrected chi connectivity index (χ4v) is 4.83. The molecule has 0 unspecified atom stereocenters. The van der Waals surface area contributed by atoms with Crippen molar-refractivity contribution < 1.29 is 18.8 Å². The quantitative estimate of drug-likeness (QED) is 0.724. The number of carbonyl (C=O) groups excluding carboxylic acids is 3. The summed E-state index contributed by atoms with van der Waals surface area (Å²) in [5.41, 5.74) is 0.0808. The summed E-state index contributed by atoms with van der Waals surface area (Å²) in [6, 6.07) is 6.13. The number of hydrogen-bond acceptors (Lipinski definition) is 3. The van der Waals surface area contributed by atoms with E-state index in [1.165, 1.54) is 12.1 Å². The first kappa shape index (κ1) is 21.6. The Morgan fingerprint density at radius 2 is 1.29 bits per heavy atom. The van der Waals surface area contributed by atoms with Crippen LogP contribution in [0.1, 0.15) is 42.5 Å². The van der Waals surface area contributed by atoms with E-state index in [0.29, 0.717) is 58.5 Å². The van der Waals surface area contributed by atoms with Crippen molar-refractivity contribution in [3.63, 3.8) is 0 Å². The highest BCUT2D eigenvalue weighted by molar-refractivity contribution is 5.94. The van der Waals surface area contributed by atoms with Gasteiger partial charge in [-0.3, -0.25) is 9.59 Å². The third-order valence-corrected chi connectivity index (χ3v) is 6.69. The molecule has 0 aromatic heterocycles. The minimum absolute atomic E-state index is 0.0727. The monoisotopic (exact) mass is 430 g/mol. The minimum atomic E-state index is -0.514. The molecule has 3 fully saturated rings. The molecule has 8 heteroatoms. The second kappa shape index (κ2) is 9.66. The predicted octanol–water partition coefficient (Wildman–Crippen LogP) is 2.43. The van der Waals surface area contributed by atoms with Gasteiger partial charge >= 0.3 is 6.03 Å². The first-order valence-corrected chi connectivity index (χ1v) is 11.4. The van der Waals surface area contributed by atoms with Crippen LogP contribution < -0.4 is 0 Å². The van der Waals surface area contributed by atoms with Crippen LogP contribution in [0.3, 0.4) is 0 Å². The van der Waals surface area contributed by atoms with E-state index in [2.05, 4.69) is 0 Å². The molecule has 1 aromatic rings. The van der Waals surface area contributed by atoms with Crippen LogP contribution in [-0.4, -0.2) is 89.8 Å². The molecular weight excluding hydrogens is 399 g/mol. The van der Waals surface area contributed by atoms with Gasteiger partial charge in [0.1, 0.15) is 5.82 Å². The number of halogens is 1. The van der Waals surface area contributed by atoms with Crippen molar-refractivity contribution in [3.05, 3.63) is 35.6 Å². The van der Waals surface area contributed by atoms with Gasteiger partial charge in [-0.05, 0) is 44.2 Å². The van der Waals surface area contributed by atoms with Crippen molar-refractivity contribution in [2.24, 2.45) is 5.92 Å². The third kappa shape index (κ3) is 4.83. The van der Waals surface area contributed by atoms with Crippen LogP contribution in [0.4, 0.5) is 9.18 Å². The molecule has 3 heterocycles. The molecule has 0 atom stereocenters. The summed E-state index contributed by atoms with van der Waals surface area (Å²) < 4.78 is 14.0. The summed E-state index contributed by atoms with van der Waals surface area (Å²) in [7, 11) is 0. The number of benzene rings is 1. The number of hydrogen-bond donors (Lipinski definition) is 0. The molecule has 7 nitrogen and oxygen atoms in total. The Hall–Kier alpha value is -2.64. The van der Waals surface area contributed by atoms with Crippen molar-refractivity contribution in [1.82, 2.24) is 19.6 Å². The normalized spacial score (nSPS) is 20.7. The first-order valence-electron chi connectivity index (χ1n) is 11.4. The van der Waals surface area contributed by atoms with Gasteiger partial charge in [-0.15, -0.1) is 0 Å². The van der Waals surface area contributed by atoms with E-state index in [1.807, 2.05) is 14.7 Å². The van der Waals surface area contributed by atoms with E-state index in [-0.39, 0.29) is 29.3 Å². The predicted molar refractivity (Wildman–Crippen MR) is 114 cm³/mol. The van der Waals surface area contributed by atoms with E-state index in [4.69, 9.17) is 0 Å². The summed E-state index contributed by atoms with van der Waals surface area (Å²) in [6.45, 7) is 4.92. The highest BCUT2D eigenvalue weighted by atomic mass is 19.1. The van der Waals surface area contributed by atoms with Gasteiger partial charge in [0.05, 0.1) is 5.56 Å². The zero-order chi connectivity index (χ0) is 21.8. The van der Waals surface area contributed by atoms with E-state index in [9.17, 15) is 18.8 Å². The van der Waals surface area contributed by atoms with Crippen LogP contribution in [0.2, 0.25) is 0 Å². The van der Waals surface area contributed by atoms with Crippen LogP contribution in [0, 0.1) is 11.7 Å². The lowest BCUT2D eigenvalue weighted by Crippen LogP contribution is -2.48. The van der Waals surface area contributed by atoms with Crippen molar-refractivity contribution in [1.29, 1.82) is 0 Å². The molecule has 0 N–H and O–H groups in total. The Bertz CT molecular complexity index is 819. The van der Waals surface area contributed by atoms with Gasteiger partial charge in [0.25, 0.3) is 5.91 Å². The Labute approximate surface area is 182 Å². The Kier molecular flexibility index (Phi) is 6.73. The molecule has 168 valence electrons. The number of rotatable bonds is 2. The highest BCUT2D eigenvalue weighted by Crippen LogP contribution is 2.23. The standard InChI is InChI=1S/C23H31FN4O3/c24-20-7-2-1-6-19(20)22(30)26-13-5-12-25(16-17-26)21(29)18-8-14-28(15-9-18)23(31)27-10-3-4-11-27/h1-2,6-7,18H,3-5,8-17H2. The maximum absolute atomic E-state index is 14.0. The molecule has 0 spiro atoms. The molecule has 0 radical (unpaired) electrons. The Morgan fingerprint density at radius 1 is 0.710 bits per heavy atom. The molecule has 3 saturated heterocycles. The topological polar surface area (TPSA) is 64.2 Å². The van der Waals surface area contributed by atoms with Gasteiger partial charge in [-0.2, -0.15) is 0 Å². The van der Waals surface area contributed by atoms with Crippen molar-refractivity contribution in [3.8, 4) is 0 Å². The zero-order valence-corrected chi connectivity index (χ0v) is 18.0. The second-order valence-corrected chi connectivity index (χ2v) is 8.69. The van der Waals surface area contributed by atoms with Gasteiger partial charge in [0.15, 0.2) is 0 Å². The fraction of sp³-hybridized carbons (Fsp3) is 0.609. The van der Waals surface area contributed by atoms with E-state index >= 15 is 0 Å². The summed E-state index contributed by atoms with van der Waals surface area (Å²) in [4.78, 5) is 45.6. The SMILES string of the molecule is O=C(c1ccccc1F)N1CCCN(C(=O)C2CCN(C(=O)N3CCCC3)CC2)CC1. The lowest BCUT2D eigenvalue weighted by Gasteiger charge is -2.35. The highest BCUT2D eigenvalue weighted by Gasteiger charge is 2.33. The van der Waals surface area contributed by atoms with E-state index < -0.39 is 5.82 Å². The third-order valence-electron chi connectivity index (χ3n) is 6.69. The minimum Gasteiger partial charge on any atom is -0.341 e. The number of nitrogens with zero attached hydrogens (tertiary/aromatic N) is 4. The first-order chi connectivity index (χ1) is 15.0. The molecular formula is C23H31FN4O3. The van der Waals surface area contributed by atoms with E-state index in [1.54, 1.807) is 17.0 Å². The largest absolute Gasteiger partial charge is 0.341 e. The number of piperidine rings is 1. The molecule has 31 heavy (non-hydrogen) atoms. The lowest BCUT2D eigenvalue weighted by molar-refractivity contribution is -0.136. The molecule has 3 aliphatic heterocycles. The molecule has 4 amide bonds. The van der Waals surface area contributed by atoms with Crippen LogP contribution in [0.25, 0.3) is 0 Å². The molecule has 0 saturated carbocycles. The zero-order valence-electron chi connectivity index (χ0n) is 18.0. The van der Waals surface area contributed by atoms with Crippen molar-refractivity contribution in [2.75, 3.05) is 52.4 Å². The van der Waals surface area contributed by atoms with Crippen LogP contribution >= 0.6 is 0 Å². The van der Waals surface area contributed by atoms with Gasteiger partial charge in [-0.25, -0.2) is 9.18 Å². The average molecular weight is 431 g/mol. The summed E-state index contributed by atoms with van der Waals surface area (Å²) in [6.07, 6.45) is 4.20. The summed E-state index contributed by atoms with van der Waals surface area (Å²) in [5, 5.41) is 0. The van der Waals surface area contributed by atoms with Gasteiger partial charge in [-0.1, -0.05) is 12.1 Å². The fourth-order valence-electron chi connectivity index (χ4n) is 4.83. The molecule has 0 bridgehead atoms. The van der Waals surface area contributed by atoms with Gasteiger partial charge in [0.2, 0.25) is 5.91 Å². The maximum Gasteiger partial charge on any atom is 0.319 e. The Balaban J connectivity index is 1.28. The van der Waals surface area contributed by atoms with Crippen LogP contribution in [0.5, 0.6) is 0 Å². The van der Waals surface area contributed by atoms with Crippen LogP contribution in [0.15, 0.2) is 24.3 Å². The summed E-state index contributed by atoms with van der Waals surface area (Å²) in [5.74, 6) is -0.786. The molecule has 1 aromatic carbocycles. The van der Waals surface area contributed by atoms with Gasteiger partial charge in [0, 0.05) is 58.3 Å². The lowest BCUT2D eigenvalue weighted by atomic mass is 9.95. The van der Waals surface area contributed by atoms with Crippen molar-refractivity contribution in [2.45, 2.75) is 32.1 Å². The average Bonchev–Trinajstić information content (AvgIpc) is 3.23. The summed E-state index contributed by atoms with van der Waals surface area (Å²) >= 11 is 0. The van der Waals surface area contributed by atoms with E-state index in [0.717, 1.165) is 25.9 Å². The number of urea groups is 1. The molecule has 4 rings (SSSR count). The maximum atomic E-state index is 14.0. The Morgan fingerprint density at radius 3 is 2.00 bits per heavy atom. The van der Waals surface area contributed by atoms with Crippen LogP contribution in [-0.2, 0) is 4.79 Å². The number of likely N-dealkylation sites (tertiary alicyclic amines) is 2. The second-order valence-electron chi connectivity index (χ2n) is 8.69. The van der Waals surface area contributed by atoms with Crippen molar-refractivity contribution >= 4 is 17.8 Å². The molecule has 3 aliphatic rings.